The minimum absolute atomic E-state index is 0.149. The van der Waals surface area contributed by atoms with Crippen molar-refractivity contribution < 1.29 is 9.53 Å². The van der Waals surface area contributed by atoms with Crippen LogP contribution in [0.5, 0.6) is 0 Å². The van der Waals surface area contributed by atoms with E-state index in [9.17, 15) is 4.79 Å². The second-order valence-corrected chi connectivity index (χ2v) is 6.11. The second kappa shape index (κ2) is 6.80. The molecule has 1 aromatic rings. The quantitative estimate of drug-likeness (QED) is 0.896. The van der Waals surface area contributed by atoms with Gasteiger partial charge in [0.05, 0.1) is 17.7 Å². The van der Waals surface area contributed by atoms with Crippen molar-refractivity contribution in [3.63, 3.8) is 0 Å². The molecule has 1 heterocycles. The highest BCUT2D eigenvalue weighted by Gasteiger charge is 2.36. The summed E-state index contributed by atoms with van der Waals surface area (Å²) in [6.07, 6.45) is 4.64. The Kier molecular flexibility index (Phi) is 4.59. The van der Waals surface area contributed by atoms with Gasteiger partial charge in [-0.2, -0.15) is 5.26 Å². The molecule has 2 aliphatic rings. The molecular weight excluding hydrogens is 278 g/mol. The van der Waals surface area contributed by atoms with Crippen LogP contribution in [0.4, 0.5) is 4.79 Å². The lowest BCUT2D eigenvalue weighted by Gasteiger charge is -2.30. The summed E-state index contributed by atoms with van der Waals surface area (Å²) in [7, 11) is 0. The predicted molar refractivity (Wildman–Crippen MR) is 82.0 cm³/mol. The lowest BCUT2D eigenvalue weighted by atomic mass is 10.0. The molecule has 0 bridgehead atoms. The molecule has 5 heteroatoms. The topological polar surface area (TPSA) is 74.2 Å². The van der Waals surface area contributed by atoms with Gasteiger partial charge in [-0.05, 0) is 49.3 Å². The first-order chi connectivity index (χ1) is 10.7. The maximum Gasteiger partial charge on any atom is 0.315 e. The third-order valence-corrected chi connectivity index (χ3v) is 4.31. The summed E-state index contributed by atoms with van der Waals surface area (Å²) in [5.41, 5.74) is 1.54. The molecule has 116 valence electrons. The third-order valence-electron chi connectivity index (χ3n) is 4.31. The van der Waals surface area contributed by atoms with Gasteiger partial charge in [-0.3, -0.25) is 0 Å². The Morgan fingerprint density at radius 2 is 2.23 bits per heavy atom. The van der Waals surface area contributed by atoms with Crippen molar-refractivity contribution in [1.29, 1.82) is 5.26 Å². The number of ether oxygens (including phenoxy) is 1. The van der Waals surface area contributed by atoms with Gasteiger partial charge in [0.2, 0.25) is 0 Å². The summed E-state index contributed by atoms with van der Waals surface area (Å²) >= 11 is 0. The zero-order valence-electron chi connectivity index (χ0n) is 12.5. The van der Waals surface area contributed by atoms with E-state index in [2.05, 4.69) is 16.7 Å². The molecule has 2 atom stereocenters. The first-order valence-electron chi connectivity index (χ1n) is 7.89. The molecule has 22 heavy (non-hydrogen) atoms. The molecule has 0 spiro atoms. The average Bonchev–Trinajstić information content (AvgIpc) is 3.38. The molecule has 2 unspecified atom stereocenters. The number of carbonyl (C=O) groups excluding carboxylic acids is 1. The van der Waals surface area contributed by atoms with Crippen LogP contribution in [-0.2, 0) is 11.3 Å². The van der Waals surface area contributed by atoms with Gasteiger partial charge in [-0.1, -0.05) is 12.1 Å². The minimum Gasteiger partial charge on any atom is -0.378 e. The summed E-state index contributed by atoms with van der Waals surface area (Å²) in [6, 6.07) is 9.42. The Labute approximate surface area is 130 Å². The van der Waals surface area contributed by atoms with Crippen LogP contribution in [0.3, 0.4) is 0 Å². The van der Waals surface area contributed by atoms with Crippen LogP contribution < -0.4 is 10.6 Å². The van der Waals surface area contributed by atoms with E-state index < -0.39 is 0 Å². The molecule has 3 rings (SSSR count). The smallest absolute Gasteiger partial charge is 0.315 e. The van der Waals surface area contributed by atoms with E-state index in [1.807, 2.05) is 12.1 Å². The molecule has 5 nitrogen and oxygen atoms in total. The Bertz CT molecular complexity index is 578. The number of amides is 2. The van der Waals surface area contributed by atoms with E-state index in [-0.39, 0.29) is 12.1 Å². The van der Waals surface area contributed by atoms with Gasteiger partial charge in [0, 0.05) is 19.2 Å². The van der Waals surface area contributed by atoms with Crippen molar-refractivity contribution in [3.8, 4) is 6.07 Å². The fourth-order valence-corrected chi connectivity index (χ4v) is 2.93. The number of carbonyl (C=O) groups is 1. The molecule has 1 aliphatic heterocycles. The zero-order chi connectivity index (χ0) is 15.4. The SMILES string of the molecule is N#Cc1cccc(CNC(=O)NC2CCOC(C3CC3)C2)c1. The molecule has 1 saturated carbocycles. The molecule has 1 aliphatic carbocycles. The summed E-state index contributed by atoms with van der Waals surface area (Å²) in [5.74, 6) is 0.710. The number of hydrogen-bond donors (Lipinski definition) is 2. The van der Waals surface area contributed by atoms with Crippen molar-refractivity contribution in [1.82, 2.24) is 10.6 Å². The van der Waals surface area contributed by atoms with Crippen molar-refractivity contribution in [3.05, 3.63) is 35.4 Å². The van der Waals surface area contributed by atoms with E-state index in [0.29, 0.717) is 24.1 Å². The number of nitriles is 1. The fraction of sp³-hybridized carbons (Fsp3) is 0.529. The minimum atomic E-state index is -0.149. The monoisotopic (exact) mass is 299 g/mol. The Morgan fingerprint density at radius 1 is 1.36 bits per heavy atom. The number of nitrogens with zero attached hydrogens (tertiary/aromatic N) is 1. The highest BCUT2D eigenvalue weighted by Crippen LogP contribution is 2.38. The van der Waals surface area contributed by atoms with Gasteiger partial charge < -0.3 is 15.4 Å². The molecule has 0 aromatic heterocycles. The van der Waals surface area contributed by atoms with E-state index in [1.165, 1.54) is 12.8 Å². The van der Waals surface area contributed by atoms with Crippen molar-refractivity contribution >= 4 is 6.03 Å². The summed E-state index contributed by atoms with van der Waals surface area (Å²) in [5, 5.41) is 14.8. The maximum atomic E-state index is 12.0. The molecule has 2 amide bonds. The van der Waals surface area contributed by atoms with Crippen LogP contribution >= 0.6 is 0 Å². The number of urea groups is 1. The molecule has 1 aromatic carbocycles. The fourth-order valence-electron chi connectivity index (χ4n) is 2.93. The van der Waals surface area contributed by atoms with E-state index in [1.54, 1.807) is 12.1 Å². The van der Waals surface area contributed by atoms with Crippen LogP contribution in [0.2, 0.25) is 0 Å². The summed E-state index contributed by atoms with van der Waals surface area (Å²) in [4.78, 5) is 12.0. The standard InChI is InChI=1S/C17H21N3O2/c18-10-12-2-1-3-13(8-12)11-19-17(21)20-15-6-7-22-16(9-15)14-4-5-14/h1-3,8,14-16H,4-7,9,11H2,(H2,19,20,21). The second-order valence-electron chi connectivity index (χ2n) is 6.11. The molecule has 2 fully saturated rings. The third kappa shape index (κ3) is 3.99. The lowest BCUT2D eigenvalue weighted by molar-refractivity contribution is -0.00914. The van der Waals surface area contributed by atoms with Crippen LogP contribution in [0.25, 0.3) is 0 Å². The predicted octanol–water partition coefficient (Wildman–Crippen LogP) is 2.32. The number of hydrogen-bond acceptors (Lipinski definition) is 3. The normalized spacial score (nSPS) is 24.3. The molecule has 2 N–H and O–H groups in total. The molecular formula is C17H21N3O2. The summed E-state index contributed by atoms with van der Waals surface area (Å²) in [6.45, 7) is 1.16. The maximum absolute atomic E-state index is 12.0. The molecule has 1 saturated heterocycles. The zero-order valence-corrected chi connectivity index (χ0v) is 12.5. The lowest BCUT2D eigenvalue weighted by Crippen LogP contribution is -2.46. The highest BCUT2D eigenvalue weighted by atomic mass is 16.5. The van der Waals surface area contributed by atoms with E-state index in [0.717, 1.165) is 25.0 Å². The van der Waals surface area contributed by atoms with Gasteiger partial charge in [0.15, 0.2) is 0 Å². The van der Waals surface area contributed by atoms with Crippen LogP contribution in [0.1, 0.15) is 36.8 Å². The number of nitrogens with one attached hydrogen (secondary N) is 2. The first-order valence-corrected chi connectivity index (χ1v) is 7.89. The van der Waals surface area contributed by atoms with Crippen LogP contribution in [0, 0.1) is 17.2 Å². The number of rotatable bonds is 4. The van der Waals surface area contributed by atoms with Crippen LogP contribution in [-0.4, -0.2) is 24.8 Å². The average molecular weight is 299 g/mol. The van der Waals surface area contributed by atoms with Crippen molar-refractivity contribution in [2.75, 3.05) is 6.61 Å². The van der Waals surface area contributed by atoms with Gasteiger partial charge >= 0.3 is 6.03 Å². The van der Waals surface area contributed by atoms with Crippen molar-refractivity contribution in [2.24, 2.45) is 5.92 Å². The number of benzene rings is 1. The van der Waals surface area contributed by atoms with Gasteiger partial charge in [0.25, 0.3) is 0 Å². The van der Waals surface area contributed by atoms with Crippen molar-refractivity contribution in [2.45, 2.75) is 44.4 Å². The van der Waals surface area contributed by atoms with Crippen LogP contribution in [0.15, 0.2) is 24.3 Å². The first kappa shape index (κ1) is 14.9. The van der Waals surface area contributed by atoms with Gasteiger partial charge in [-0.15, -0.1) is 0 Å². The Morgan fingerprint density at radius 3 is 3.00 bits per heavy atom. The molecule has 0 radical (unpaired) electrons. The van der Waals surface area contributed by atoms with E-state index in [4.69, 9.17) is 10.00 Å². The van der Waals surface area contributed by atoms with Gasteiger partial charge in [-0.25, -0.2) is 4.79 Å². The largest absolute Gasteiger partial charge is 0.378 e. The summed E-state index contributed by atoms with van der Waals surface area (Å²) < 4.78 is 5.77. The Hall–Kier alpha value is -2.06. The van der Waals surface area contributed by atoms with E-state index >= 15 is 0 Å². The Balaban J connectivity index is 1.44. The highest BCUT2D eigenvalue weighted by molar-refractivity contribution is 5.74. The van der Waals surface area contributed by atoms with Gasteiger partial charge in [0.1, 0.15) is 0 Å².